The lowest BCUT2D eigenvalue weighted by atomic mass is 10.1. The van der Waals surface area contributed by atoms with Gasteiger partial charge in [0.2, 0.25) is 0 Å². The van der Waals surface area contributed by atoms with E-state index in [1.54, 1.807) is 0 Å². The van der Waals surface area contributed by atoms with E-state index in [1.807, 2.05) is 11.3 Å². The number of nitrogens with one attached hydrogen (secondary N) is 1. The molecular formula is C14H24N4S. The predicted octanol–water partition coefficient (Wildman–Crippen LogP) is 1.49. The molecule has 1 aromatic rings. The van der Waals surface area contributed by atoms with Crippen LogP contribution in [0.5, 0.6) is 0 Å². The van der Waals surface area contributed by atoms with Crippen molar-refractivity contribution in [2.24, 2.45) is 0 Å². The first-order valence-corrected chi connectivity index (χ1v) is 8.21. The van der Waals surface area contributed by atoms with Crippen molar-refractivity contribution < 1.29 is 0 Å². The highest BCUT2D eigenvalue weighted by Crippen LogP contribution is 2.32. The first kappa shape index (κ1) is 13.5. The fourth-order valence-corrected chi connectivity index (χ4v) is 4.48. The Morgan fingerprint density at radius 2 is 2.11 bits per heavy atom. The van der Waals surface area contributed by atoms with Gasteiger partial charge in [-0.15, -0.1) is 11.3 Å². The molecule has 2 aliphatic rings. The number of hydrogen-bond acceptors (Lipinski definition) is 5. The van der Waals surface area contributed by atoms with E-state index in [-0.39, 0.29) is 0 Å². The summed E-state index contributed by atoms with van der Waals surface area (Å²) in [6, 6.07) is 0.531. The van der Waals surface area contributed by atoms with Crippen LogP contribution in [0.15, 0.2) is 0 Å². The van der Waals surface area contributed by atoms with Gasteiger partial charge < -0.3 is 10.2 Å². The highest BCUT2D eigenvalue weighted by Gasteiger charge is 2.26. The van der Waals surface area contributed by atoms with Crippen molar-refractivity contribution in [3.63, 3.8) is 0 Å². The lowest BCUT2D eigenvalue weighted by Gasteiger charge is -2.33. The van der Waals surface area contributed by atoms with E-state index >= 15 is 0 Å². The standard InChI is InChI=1S/C14H24N4S/c1-3-12(18-8-5-15-6-9-18)14-16-11-4-7-17(2)10-13(11)19-14/h12,15H,3-10H2,1-2H3. The maximum Gasteiger partial charge on any atom is 0.110 e. The van der Waals surface area contributed by atoms with Crippen molar-refractivity contribution in [2.75, 3.05) is 39.8 Å². The minimum atomic E-state index is 0.531. The minimum Gasteiger partial charge on any atom is -0.314 e. The number of aromatic nitrogens is 1. The first-order valence-electron chi connectivity index (χ1n) is 7.39. The van der Waals surface area contributed by atoms with E-state index in [1.165, 1.54) is 22.0 Å². The highest BCUT2D eigenvalue weighted by molar-refractivity contribution is 7.11. The zero-order valence-electron chi connectivity index (χ0n) is 12.0. The molecule has 1 fully saturated rings. The summed E-state index contributed by atoms with van der Waals surface area (Å²) in [5, 5.41) is 4.79. The van der Waals surface area contributed by atoms with Gasteiger partial charge in [-0.05, 0) is 13.5 Å². The van der Waals surface area contributed by atoms with Gasteiger partial charge in [0.05, 0.1) is 11.7 Å². The second kappa shape index (κ2) is 5.87. The molecule has 0 bridgehead atoms. The van der Waals surface area contributed by atoms with E-state index < -0.39 is 0 Å². The van der Waals surface area contributed by atoms with E-state index in [0.29, 0.717) is 6.04 Å². The summed E-state index contributed by atoms with van der Waals surface area (Å²) in [6.45, 7) is 9.07. The number of fused-ring (bicyclic) bond motifs is 1. The molecule has 5 heteroatoms. The third-order valence-corrected chi connectivity index (χ3v) is 5.39. The van der Waals surface area contributed by atoms with E-state index in [9.17, 15) is 0 Å². The molecule has 3 heterocycles. The number of piperazine rings is 1. The molecule has 1 saturated heterocycles. The van der Waals surface area contributed by atoms with Crippen LogP contribution in [0.2, 0.25) is 0 Å². The van der Waals surface area contributed by atoms with Crippen LogP contribution in [0.1, 0.15) is 35.0 Å². The zero-order valence-corrected chi connectivity index (χ0v) is 12.8. The molecule has 1 unspecified atom stereocenters. The number of hydrogen-bond donors (Lipinski definition) is 1. The number of likely N-dealkylation sites (N-methyl/N-ethyl adjacent to an activating group) is 1. The van der Waals surface area contributed by atoms with Crippen LogP contribution < -0.4 is 5.32 Å². The molecule has 0 spiro atoms. The summed E-state index contributed by atoms with van der Waals surface area (Å²) < 4.78 is 0. The van der Waals surface area contributed by atoms with Crippen LogP contribution in [0.3, 0.4) is 0 Å². The van der Waals surface area contributed by atoms with Crippen LogP contribution in [-0.2, 0) is 13.0 Å². The third-order valence-electron chi connectivity index (χ3n) is 4.20. The lowest BCUT2D eigenvalue weighted by Crippen LogP contribution is -2.45. The molecule has 0 aromatic carbocycles. The summed E-state index contributed by atoms with van der Waals surface area (Å²) in [5.41, 5.74) is 1.37. The molecule has 0 amide bonds. The van der Waals surface area contributed by atoms with E-state index in [2.05, 4.69) is 29.1 Å². The van der Waals surface area contributed by atoms with Crippen molar-refractivity contribution >= 4 is 11.3 Å². The highest BCUT2D eigenvalue weighted by atomic mass is 32.1. The molecule has 19 heavy (non-hydrogen) atoms. The Labute approximate surface area is 119 Å². The molecule has 0 radical (unpaired) electrons. The van der Waals surface area contributed by atoms with Gasteiger partial charge in [0, 0.05) is 50.6 Å². The van der Waals surface area contributed by atoms with Gasteiger partial charge in [-0.3, -0.25) is 4.90 Å². The Balaban J connectivity index is 1.79. The van der Waals surface area contributed by atoms with Crippen molar-refractivity contribution in [1.29, 1.82) is 0 Å². The summed E-state index contributed by atoms with van der Waals surface area (Å²) in [4.78, 5) is 11.5. The van der Waals surface area contributed by atoms with Crippen LogP contribution in [0.4, 0.5) is 0 Å². The third kappa shape index (κ3) is 2.84. The van der Waals surface area contributed by atoms with Crippen LogP contribution in [-0.4, -0.2) is 54.6 Å². The first-order chi connectivity index (χ1) is 9.28. The Bertz CT molecular complexity index is 425. The maximum absolute atomic E-state index is 4.96. The summed E-state index contributed by atoms with van der Waals surface area (Å²) >= 11 is 1.95. The van der Waals surface area contributed by atoms with Crippen molar-refractivity contribution in [3.8, 4) is 0 Å². The SMILES string of the molecule is CCC(c1nc2c(s1)CN(C)CC2)N1CCNCC1. The summed E-state index contributed by atoms with van der Waals surface area (Å²) in [6.07, 6.45) is 2.29. The normalized spacial score (nSPS) is 23.3. The van der Waals surface area contributed by atoms with Crippen LogP contribution in [0, 0.1) is 0 Å². The molecule has 0 saturated carbocycles. The molecule has 1 atom stereocenters. The smallest absolute Gasteiger partial charge is 0.110 e. The summed E-state index contributed by atoms with van der Waals surface area (Å²) in [5.74, 6) is 0. The Morgan fingerprint density at radius 1 is 1.32 bits per heavy atom. The topological polar surface area (TPSA) is 31.4 Å². The van der Waals surface area contributed by atoms with Gasteiger partial charge in [0.25, 0.3) is 0 Å². The Hall–Kier alpha value is -0.490. The van der Waals surface area contributed by atoms with E-state index in [0.717, 1.165) is 45.7 Å². The average Bonchev–Trinajstić information content (AvgIpc) is 2.83. The fourth-order valence-electron chi connectivity index (χ4n) is 3.07. The Morgan fingerprint density at radius 3 is 2.84 bits per heavy atom. The largest absolute Gasteiger partial charge is 0.314 e. The molecular weight excluding hydrogens is 256 g/mol. The van der Waals surface area contributed by atoms with Crippen molar-refractivity contribution in [2.45, 2.75) is 32.4 Å². The molecule has 3 rings (SSSR count). The van der Waals surface area contributed by atoms with Gasteiger partial charge in [-0.2, -0.15) is 0 Å². The van der Waals surface area contributed by atoms with Crippen molar-refractivity contribution in [3.05, 3.63) is 15.6 Å². The Kier molecular flexibility index (Phi) is 4.17. The number of nitrogens with zero attached hydrogens (tertiary/aromatic N) is 3. The van der Waals surface area contributed by atoms with Gasteiger partial charge in [0.1, 0.15) is 5.01 Å². The molecule has 1 N–H and O–H groups in total. The predicted molar refractivity (Wildman–Crippen MR) is 79.6 cm³/mol. The summed E-state index contributed by atoms with van der Waals surface area (Å²) in [7, 11) is 2.20. The molecule has 106 valence electrons. The number of thiazole rings is 1. The molecule has 0 aliphatic carbocycles. The fraction of sp³-hybridized carbons (Fsp3) is 0.786. The van der Waals surface area contributed by atoms with Gasteiger partial charge in [-0.25, -0.2) is 4.98 Å². The van der Waals surface area contributed by atoms with Gasteiger partial charge in [-0.1, -0.05) is 6.92 Å². The van der Waals surface area contributed by atoms with Gasteiger partial charge >= 0.3 is 0 Å². The number of rotatable bonds is 3. The minimum absolute atomic E-state index is 0.531. The monoisotopic (exact) mass is 280 g/mol. The van der Waals surface area contributed by atoms with E-state index in [4.69, 9.17) is 4.98 Å². The van der Waals surface area contributed by atoms with Crippen LogP contribution >= 0.6 is 11.3 Å². The quantitative estimate of drug-likeness (QED) is 0.909. The second-order valence-corrected chi connectivity index (χ2v) is 6.73. The molecule has 4 nitrogen and oxygen atoms in total. The van der Waals surface area contributed by atoms with Gasteiger partial charge in [0.15, 0.2) is 0 Å². The zero-order chi connectivity index (χ0) is 13.2. The van der Waals surface area contributed by atoms with Crippen molar-refractivity contribution in [1.82, 2.24) is 20.1 Å². The maximum atomic E-state index is 4.96. The second-order valence-electron chi connectivity index (χ2n) is 5.62. The van der Waals surface area contributed by atoms with Crippen LogP contribution in [0.25, 0.3) is 0 Å². The molecule has 1 aromatic heterocycles. The lowest BCUT2D eigenvalue weighted by molar-refractivity contribution is 0.169. The average molecular weight is 280 g/mol. The molecule has 2 aliphatic heterocycles.